The minimum atomic E-state index is -0.523. The average molecular weight is 437 g/mol. The zero-order chi connectivity index (χ0) is 22.9. The van der Waals surface area contributed by atoms with Crippen LogP contribution in [0.3, 0.4) is 0 Å². The fraction of sp³-hybridized carbons (Fsp3) is 0.481. The van der Waals surface area contributed by atoms with Gasteiger partial charge < -0.3 is 15.0 Å². The summed E-state index contributed by atoms with van der Waals surface area (Å²) in [5.74, 6) is 0.452. The normalized spacial score (nSPS) is 15.1. The predicted molar refractivity (Wildman–Crippen MR) is 127 cm³/mol. The third-order valence-corrected chi connectivity index (χ3v) is 6.22. The van der Waals surface area contributed by atoms with Crippen LogP contribution in [-0.4, -0.2) is 35.4 Å². The van der Waals surface area contributed by atoms with Crippen molar-refractivity contribution in [3.63, 3.8) is 0 Å². The maximum Gasteiger partial charge on any atom is 0.261 e. The van der Waals surface area contributed by atoms with Crippen LogP contribution in [0, 0.1) is 13.8 Å². The van der Waals surface area contributed by atoms with E-state index in [1.54, 1.807) is 4.90 Å². The molecule has 2 amide bonds. The van der Waals surface area contributed by atoms with Gasteiger partial charge in [0.05, 0.1) is 0 Å². The molecule has 5 heteroatoms. The van der Waals surface area contributed by atoms with Crippen molar-refractivity contribution in [2.24, 2.45) is 0 Å². The number of para-hydroxylation sites is 1. The number of nitrogens with zero attached hydrogens (tertiary/aromatic N) is 1. The van der Waals surface area contributed by atoms with Crippen molar-refractivity contribution in [2.45, 2.75) is 77.9 Å². The fourth-order valence-corrected chi connectivity index (χ4v) is 4.41. The summed E-state index contributed by atoms with van der Waals surface area (Å²) in [7, 11) is 0. The van der Waals surface area contributed by atoms with E-state index in [1.165, 1.54) is 6.42 Å². The number of rotatable bonds is 9. The highest BCUT2D eigenvalue weighted by molar-refractivity contribution is 5.88. The highest BCUT2D eigenvalue weighted by Crippen LogP contribution is 2.20. The van der Waals surface area contributed by atoms with Crippen LogP contribution in [0.1, 0.15) is 62.1 Å². The Morgan fingerprint density at radius 2 is 1.81 bits per heavy atom. The van der Waals surface area contributed by atoms with Crippen LogP contribution >= 0.6 is 0 Å². The van der Waals surface area contributed by atoms with Gasteiger partial charge in [-0.2, -0.15) is 0 Å². The lowest BCUT2D eigenvalue weighted by atomic mass is 9.95. The molecule has 1 N–H and O–H groups in total. The van der Waals surface area contributed by atoms with Crippen molar-refractivity contribution in [2.75, 3.05) is 6.61 Å². The largest absolute Gasteiger partial charge is 0.484 e. The first-order valence-corrected chi connectivity index (χ1v) is 11.8. The number of benzene rings is 2. The van der Waals surface area contributed by atoms with E-state index in [4.69, 9.17) is 4.74 Å². The Labute approximate surface area is 192 Å². The second-order valence-corrected chi connectivity index (χ2v) is 8.83. The van der Waals surface area contributed by atoms with E-state index in [0.717, 1.165) is 42.4 Å². The van der Waals surface area contributed by atoms with Crippen LogP contribution in [0.4, 0.5) is 0 Å². The summed E-state index contributed by atoms with van der Waals surface area (Å²) in [6, 6.07) is 15.4. The van der Waals surface area contributed by atoms with Crippen molar-refractivity contribution in [3.05, 3.63) is 65.2 Å². The van der Waals surface area contributed by atoms with Gasteiger partial charge >= 0.3 is 0 Å². The first-order chi connectivity index (χ1) is 15.5. The van der Waals surface area contributed by atoms with Crippen LogP contribution in [0.2, 0.25) is 0 Å². The number of carbonyl (C=O) groups is 2. The van der Waals surface area contributed by atoms with Gasteiger partial charge in [0.1, 0.15) is 11.8 Å². The first kappa shape index (κ1) is 23.8. The molecule has 32 heavy (non-hydrogen) atoms. The van der Waals surface area contributed by atoms with E-state index in [-0.39, 0.29) is 24.5 Å². The molecular formula is C27H36N2O3. The van der Waals surface area contributed by atoms with Crippen LogP contribution in [0.25, 0.3) is 0 Å². The molecule has 0 spiro atoms. The summed E-state index contributed by atoms with van der Waals surface area (Å²) in [5, 5.41) is 3.21. The molecule has 0 radical (unpaired) electrons. The molecule has 0 bridgehead atoms. The molecule has 1 aliphatic carbocycles. The standard InChI is InChI=1S/C27H36N2O3/c1-4-24(27(31)28-23-14-6-5-7-15-23)29(18-22-13-10-11-20(2)17-22)26(30)19-32-25-16-9-8-12-21(25)3/h8-13,16-17,23-24H,4-7,14-15,18-19H2,1-3H3,(H,28,31)/t24-/m0/s1. The van der Waals surface area contributed by atoms with Crippen LogP contribution in [0.15, 0.2) is 48.5 Å². The second kappa shape index (κ2) is 11.7. The molecule has 1 saturated carbocycles. The molecule has 0 saturated heterocycles. The van der Waals surface area contributed by atoms with Gasteiger partial charge in [0.15, 0.2) is 6.61 Å². The van der Waals surface area contributed by atoms with Gasteiger partial charge in [-0.15, -0.1) is 0 Å². The molecule has 0 aliphatic heterocycles. The van der Waals surface area contributed by atoms with Gasteiger partial charge in [-0.3, -0.25) is 9.59 Å². The van der Waals surface area contributed by atoms with Crippen molar-refractivity contribution in [1.29, 1.82) is 0 Å². The van der Waals surface area contributed by atoms with Crippen molar-refractivity contribution in [3.8, 4) is 5.75 Å². The highest BCUT2D eigenvalue weighted by atomic mass is 16.5. The van der Waals surface area contributed by atoms with Gasteiger partial charge in [0, 0.05) is 12.6 Å². The molecule has 1 aliphatic rings. The van der Waals surface area contributed by atoms with Crippen LogP contribution in [-0.2, 0) is 16.1 Å². The van der Waals surface area contributed by atoms with E-state index < -0.39 is 6.04 Å². The molecule has 5 nitrogen and oxygen atoms in total. The lowest BCUT2D eigenvalue weighted by molar-refractivity contribution is -0.143. The second-order valence-electron chi connectivity index (χ2n) is 8.83. The Hall–Kier alpha value is -2.82. The monoisotopic (exact) mass is 436 g/mol. The summed E-state index contributed by atoms with van der Waals surface area (Å²) in [6.45, 7) is 6.24. The summed E-state index contributed by atoms with van der Waals surface area (Å²) in [4.78, 5) is 28.2. The maximum absolute atomic E-state index is 13.3. The smallest absolute Gasteiger partial charge is 0.261 e. The zero-order valence-electron chi connectivity index (χ0n) is 19.6. The molecule has 0 heterocycles. The lowest BCUT2D eigenvalue weighted by Gasteiger charge is -2.32. The number of hydrogen-bond acceptors (Lipinski definition) is 3. The molecular weight excluding hydrogens is 400 g/mol. The van der Waals surface area contributed by atoms with E-state index in [2.05, 4.69) is 11.4 Å². The molecule has 1 atom stereocenters. The SMILES string of the molecule is CC[C@@H](C(=O)NC1CCCCC1)N(Cc1cccc(C)c1)C(=O)COc1ccccc1C. The number of nitrogens with one attached hydrogen (secondary N) is 1. The topological polar surface area (TPSA) is 58.6 Å². The number of amides is 2. The Morgan fingerprint density at radius 1 is 1.06 bits per heavy atom. The van der Waals surface area contributed by atoms with E-state index in [9.17, 15) is 9.59 Å². The summed E-state index contributed by atoms with van der Waals surface area (Å²) < 4.78 is 5.84. The van der Waals surface area contributed by atoms with Crippen molar-refractivity contribution >= 4 is 11.8 Å². The Bertz CT molecular complexity index is 905. The van der Waals surface area contributed by atoms with Gasteiger partial charge in [0.2, 0.25) is 5.91 Å². The molecule has 2 aromatic rings. The predicted octanol–water partition coefficient (Wildman–Crippen LogP) is 4.94. The van der Waals surface area contributed by atoms with Crippen LogP contribution < -0.4 is 10.1 Å². The Morgan fingerprint density at radius 3 is 2.50 bits per heavy atom. The molecule has 3 rings (SSSR count). The lowest BCUT2D eigenvalue weighted by Crippen LogP contribution is -2.52. The van der Waals surface area contributed by atoms with Gasteiger partial charge in [-0.25, -0.2) is 0 Å². The number of carbonyl (C=O) groups excluding carboxylic acids is 2. The van der Waals surface area contributed by atoms with Crippen molar-refractivity contribution < 1.29 is 14.3 Å². The quantitative estimate of drug-likeness (QED) is 0.606. The minimum Gasteiger partial charge on any atom is -0.484 e. The van der Waals surface area contributed by atoms with Gasteiger partial charge in [-0.1, -0.05) is 74.2 Å². The molecule has 2 aromatic carbocycles. The van der Waals surface area contributed by atoms with E-state index in [1.807, 2.05) is 63.2 Å². The van der Waals surface area contributed by atoms with Gasteiger partial charge in [0.25, 0.3) is 5.91 Å². The van der Waals surface area contributed by atoms with Crippen LogP contribution in [0.5, 0.6) is 5.75 Å². The third-order valence-electron chi connectivity index (χ3n) is 6.22. The summed E-state index contributed by atoms with van der Waals surface area (Å²) >= 11 is 0. The van der Waals surface area contributed by atoms with Crippen molar-refractivity contribution in [1.82, 2.24) is 10.2 Å². The molecule has 0 unspecified atom stereocenters. The average Bonchev–Trinajstić information content (AvgIpc) is 2.79. The fourth-order valence-electron chi connectivity index (χ4n) is 4.41. The Balaban J connectivity index is 1.76. The zero-order valence-corrected chi connectivity index (χ0v) is 19.6. The van der Waals surface area contributed by atoms with Gasteiger partial charge in [-0.05, 0) is 50.3 Å². The Kier molecular flexibility index (Phi) is 8.72. The maximum atomic E-state index is 13.3. The number of ether oxygens (including phenoxy) is 1. The molecule has 172 valence electrons. The molecule has 0 aromatic heterocycles. The molecule has 1 fully saturated rings. The number of hydrogen-bond donors (Lipinski definition) is 1. The van der Waals surface area contributed by atoms with E-state index >= 15 is 0 Å². The summed E-state index contributed by atoms with van der Waals surface area (Å²) in [5.41, 5.74) is 3.12. The minimum absolute atomic E-state index is 0.0590. The third kappa shape index (κ3) is 6.59. The number of aryl methyl sites for hydroxylation is 2. The first-order valence-electron chi connectivity index (χ1n) is 11.8. The van der Waals surface area contributed by atoms with E-state index in [0.29, 0.717) is 18.7 Å². The highest BCUT2D eigenvalue weighted by Gasteiger charge is 2.30. The summed E-state index contributed by atoms with van der Waals surface area (Å²) in [6.07, 6.45) is 6.13.